The van der Waals surface area contributed by atoms with E-state index >= 15 is 0 Å². The number of aromatic nitrogens is 4. The minimum atomic E-state index is 0.655. The molecule has 0 spiro atoms. The number of para-hydroxylation sites is 1. The van der Waals surface area contributed by atoms with Crippen LogP contribution < -0.4 is 0 Å². The number of fused-ring (bicyclic) bond motifs is 6. The zero-order chi connectivity index (χ0) is 41.0. The van der Waals surface area contributed by atoms with E-state index in [2.05, 4.69) is 187 Å². The lowest BCUT2D eigenvalue weighted by Gasteiger charge is -2.10. The molecule has 4 nitrogen and oxygen atoms in total. The van der Waals surface area contributed by atoms with Crippen LogP contribution in [-0.2, 0) is 0 Å². The number of thiophene rings is 1. The Kier molecular flexibility index (Phi) is 8.65. The van der Waals surface area contributed by atoms with Crippen LogP contribution in [0.15, 0.2) is 218 Å². The maximum atomic E-state index is 5.13. The third-order valence-electron chi connectivity index (χ3n) is 11.9. The first-order valence-corrected chi connectivity index (χ1v) is 21.7. The van der Waals surface area contributed by atoms with Crippen molar-refractivity contribution in [3.63, 3.8) is 0 Å². The van der Waals surface area contributed by atoms with E-state index in [1.807, 2.05) is 36.4 Å². The molecule has 3 aromatic heterocycles. The van der Waals surface area contributed by atoms with Crippen molar-refractivity contribution in [2.24, 2.45) is 0 Å². The Balaban J connectivity index is 1.01. The number of hydrogen-bond donors (Lipinski definition) is 0. The third kappa shape index (κ3) is 6.26. The summed E-state index contributed by atoms with van der Waals surface area (Å²) in [4.78, 5) is 15.2. The van der Waals surface area contributed by atoms with E-state index in [-0.39, 0.29) is 0 Å². The largest absolute Gasteiger partial charge is 0.309 e. The van der Waals surface area contributed by atoms with Crippen LogP contribution in [0.1, 0.15) is 0 Å². The molecule has 0 unspecified atom stereocenters. The third-order valence-corrected chi connectivity index (χ3v) is 13.0. The number of benzene rings is 9. The molecule has 0 bridgehead atoms. The Hall–Kier alpha value is -7.99. The minimum absolute atomic E-state index is 0.655. The Bertz CT molecular complexity index is 3540. The standard InChI is InChI=1S/C57H36N4S/c1-5-14-37(15-6-1)38-24-26-39(27-25-38)42-28-31-50-47(34-42)48-35-43(29-32-51(48)61(50)45-20-11-4-12-21-45)44-30-33-52-49(36-44)54-46(22-13-23-53(54)62-52)57-59-55(40-16-7-2-8-17-40)58-56(60-57)41-18-9-3-10-19-41/h1-36H. The van der Waals surface area contributed by atoms with Crippen LogP contribution in [-0.4, -0.2) is 19.5 Å². The normalized spacial score (nSPS) is 11.5. The van der Waals surface area contributed by atoms with Gasteiger partial charge < -0.3 is 4.57 Å². The lowest BCUT2D eigenvalue weighted by atomic mass is 9.97. The molecule has 0 saturated carbocycles. The van der Waals surface area contributed by atoms with Crippen LogP contribution >= 0.6 is 11.3 Å². The minimum Gasteiger partial charge on any atom is -0.309 e. The van der Waals surface area contributed by atoms with E-state index in [4.69, 9.17) is 15.0 Å². The predicted molar refractivity (Wildman–Crippen MR) is 260 cm³/mol. The molecule has 62 heavy (non-hydrogen) atoms. The highest BCUT2D eigenvalue weighted by atomic mass is 32.1. The van der Waals surface area contributed by atoms with Gasteiger partial charge in [0.05, 0.1) is 11.0 Å². The Morgan fingerprint density at radius 2 is 0.742 bits per heavy atom. The van der Waals surface area contributed by atoms with Gasteiger partial charge in [-0.1, -0.05) is 164 Å². The van der Waals surface area contributed by atoms with Crippen LogP contribution in [0.25, 0.3) is 115 Å². The van der Waals surface area contributed by atoms with Gasteiger partial charge in [-0.25, -0.2) is 15.0 Å². The predicted octanol–water partition coefficient (Wildman–Crippen LogP) is 15.3. The van der Waals surface area contributed by atoms with Gasteiger partial charge >= 0.3 is 0 Å². The van der Waals surface area contributed by atoms with Crippen molar-refractivity contribution in [3.8, 4) is 73.2 Å². The van der Waals surface area contributed by atoms with Gasteiger partial charge in [0.2, 0.25) is 0 Å². The number of nitrogens with zero attached hydrogens (tertiary/aromatic N) is 4. The zero-order valence-corrected chi connectivity index (χ0v) is 34.3. The highest BCUT2D eigenvalue weighted by molar-refractivity contribution is 7.26. The molecule has 12 rings (SSSR count). The van der Waals surface area contributed by atoms with E-state index in [1.165, 1.54) is 64.4 Å². The summed E-state index contributed by atoms with van der Waals surface area (Å²) in [5.74, 6) is 1.97. The Labute approximate surface area is 362 Å². The zero-order valence-electron chi connectivity index (χ0n) is 33.5. The van der Waals surface area contributed by atoms with Crippen LogP contribution in [0.5, 0.6) is 0 Å². The van der Waals surface area contributed by atoms with E-state index < -0.39 is 0 Å². The highest BCUT2D eigenvalue weighted by Crippen LogP contribution is 2.43. The molecule has 3 heterocycles. The average molecular weight is 809 g/mol. The van der Waals surface area contributed by atoms with Crippen molar-refractivity contribution in [2.75, 3.05) is 0 Å². The van der Waals surface area contributed by atoms with Crippen LogP contribution in [0, 0.1) is 0 Å². The molecular formula is C57H36N4S. The second-order valence-electron chi connectivity index (χ2n) is 15.6. The van der Waals surface area contributed by atoms with Gasteiger partial charge in [-0.15, -0.1) is 11.3 Å². The van der Waals surface area contributed by atoms with Gasteiger partial charge in [0.15, 0.2) is 17.5 Å². The summed E-state index contributed by atoms with van der Waals surface area (Å²) in [5.41, 5.74) is 13.5. The molecule has 0 saturated heterocycles. The smallest absolute Gasteiger partial charge is 0.164 e. The highest BCUT2D eigenvalue weighted by Gasteiger charge is 2.19. The van der Waals surface area contributed by atoms with Crippen molar-refractivity contribution in [3.05, 3.63) is 218 Å². The van der Waals surface area contributed by atoms with Crippen molar-refractivity contribution in [2.45, 2.75) is 0 Å². The summed E-state index contributed by atoms with van der Waals surface area (Å²) in [6.45, 7) is 0. The lowest BCUT2D eigenvalue weighted by molar-refractivity contribution is 1.08. The molecule has 0 aliphatic heterocycles. The summed E-state index contributed by atoms with van der Waals surface area (Å²) >= 11 is 1.81. The molecule has 0 atom stereocenters. The maximum absolute atomic E-state index is 5.13. The Morgan fingerprint density at radius 1 is 0.306 bits per heavy atom. The molecule has 0 aliphatic carbocycles. The van der Waals surface area contributed by atoms with E-state index in [9.17, 15) is 0 Å². The van der Waals surface area contributed by atoms with E-state index in [0.717, 1.165) is 33.3 Å². The monoisotopic (exact) mass is 808 g/mol. The lowest BCUT2D eigenvalue weighted by Crippen LogP contribution is -2.00. The topological polar surface area (TPSA) is 43.6 Å². The first-order chi connectivity index (χ1) is 30.7. The molecule has 9 aromatic carbocycles. The van der Waals surface area contributed by atoms with Crippen molar-refractivity contribution in [1.29, 1.82) is 0 Å². The Morgan fingerprint density at radius 3 is 1.32 bits per heavy atom. The molecule has 0 amide bonds. The summed E-state index contributed by atoms with van der Waals surface area (Å²) in [7, 11) is 0. The first kappa shape index (κ1) is 35.9. The van der Waals surface area contributed by atoms with Crippen LogP contribution in [0.3, 0.4) is 0 Å². The summed E-state index contributed by atoms with van der Waals surface area (Å²) in [6.07, 6.45) is 0. The van der Waals surface area contributed by atoms with Crippen molar-refractivity contribution < 1.29 is 0 Å². The van der Waals surface area contributed by atoms with Crippen LogP contribution in [0.4, 0.5) is 0 Å². The fourth-order valence-electron chi connectivity index (χ4n) is 8.85. The second kappa shape index (κ2) is 14.9. The van der Waals surface area contributed by atoms with Gasteiger partial charge in [0, 0.05) is 53.3 Å². The maximum Gasteiger partial charge on any atom is 0.164 e. The SMILES string of the molecule is c1ccc(-c2ccc(-c3ccc4c(c3)c3cc(-c5ccc6sc7cccc(-c8nc(-c9ccccc9)nc(-c9ccccc9)n8)c7c6c5)ccc3n4-c3ccccc3)cc2)cc1. The molecule has 0 N–H and O–H groups in total. The molecule has 0 radical (unpaired) electrons. The van der Waals surface area contributed by atoms with Gasteiger partial charge in [-0.2, -0.15) is 0 Å². The number of rotatable bonds is 7. The summed E-state index contributed by atoms with van der Waals surface area (Å²) < 4.78 is 4.81. The van der Waals surface area contributed by atoms with Gasteiger partial charge in [0.25, 0.3) is 0 Å². The fraction of sp³-hybridized carbons (Fsp3) is 0. The van der Waals surface area contributed by atoms with Crippen molar-refractivity contribution >= 4 is 53.3 Å². The average Bonchev–Trinajstić information content (AvgIpc) is 3.90. The summed E-state index contributed by atoms with van der Waals surface area (Å²) in [6, 6.07) is 77.7. The van der Waals surface area contributed by atoms with Crippen LogP contribution in [0.2, 0.25) is 0 Å². The quantitative estimate of drug-likeness (QED) is 0.161. The van der Waals surface area contributed by atoms with Gasteiger partial charge in [-0.3, -0.25) is 0 Å². The molecule has 12 aromatic rings. The molecule has 5 heteroatoms. The molecule has 0 aliphatic rings. The second-order valence-corrected chi connectivity index (χ2v) is 16.7. The molecule has 290 valence electrons. The fourth-order valence-corrected chi connectivity index (χ4v) is 9.96. The van der Waals surface area contributed by atoms with E-state index in [0.29, 0.717) is 17.5 Å². The first-order valence-electron chi connectivity index (χ1n) is 20.8. The van der Waals surface area contributed by atoms with E-state index in [1.54, 1.807) is 11.3 Å². The summed E-state index contributed by atoms with van der Waals surface area (Å²) in [5, 5.41) is 4.78. The molecule has 0 fully saturated rings. The van der Waals surface area contributed by atoms with Crippen molar-refractivity contribution in [1.82, 2.24) is 19.5 Å². The molecular weight excluding hydrogens is 773 g/mol. The number of hydrogen-bond acceptors (Lipinski definition) is 4. The van der Waals surface area contributed by atoms with Gasteiger partial charge in [0.1, 0.15) is 0 Å². The van der Waals surface area contributed by atoms with Gasteiger partial charge in [-0.05, 0) is 88.0 Å².